The maximum atomic E-state index is 10.5. The van der Waals surface area contributed by atoms with Crippen LogP contribution in [0.1, 0.15) is 5.56 Å². The number of aliphatic carboxylic acids is 1. The molecule has 0 aliphatic rings. The van der Waals surface area contributed by atoms with Crippen molar-refractivity contribution in [2.45, 2.75) is 6.42 Å². The first-order valence-corrected chi connectivity index (χ1v) is 4.36. The normalized spacial score (nSPS) is 9.79. The lowest BCUT2D eigenvalue weighted by molar-refractivity contribution is -0.136. The Balaban J connectivity index is 2.74. The van der Waals surface area contributed by atoms with Crippen LogP contribution in [-0.2, 0) is 11.2 Å². The highest BCUT2D eigenvalue weighted by Gasteiger charge is 2.06. The van der Waals surface area contributed by atoms with E-state index in [4.69, 9.17) is 15.6 Å². The standard InChI is InChI=1S/C10H13NO3/c11-5-6-14-9-4-2-1-3-8(9)7-10(12)13/h1-4H,5-7,11H2,(H,12,13). The number of hydrogen-bond donors (Lipinski definition) is 2. The molecule has 0 radical (unpaired) electrons. The lowest BCUT2D eigenvalue weighted by Gasteiger charge is -2.08. The van der Waals surface area contributed by atoms with Crippen LogP contribution in [0.5, 0.6) is 5.75 Å². The maximum Gasteiger partial charge on any atom is 0.307 e. The van der Waals surface area contributed by atoms with Gasteiger partial charge in [-0.1, -0.05) is 18.2 Å². The molecule has 4 nitrogen and oxygen atoms in total. The average molecular weight is 195 g/mol. The zero-order chi connectivity index (χ0) is 10.4. The summed E-state index contributed by atoms with van der Waals surface area (Å²) in [5.41, 5.74) is 5.96. The van der Waals surface area contributed by atoms with Gasteiger partial charge in [0.15, 0.2) is 0 Å². The number of para-hydroxylation sites is 1. The van der Waals surface area contributed by atoms with Crippen molar-refractivity contribution in [3.05, 3.63) is 29.8 Å². The van der Waals surface area contributed by atoms with E-state index in [1.165, 1.54) is 0 Å². The Hall–Kier alpha value is -1.55. The Morgan fingerprint density at radius 1 is 1.43 bits per heavy atom. The molecule has 0 heterocycles. The van der Waals surface area contributed by atoms with Gasteiger partial charge in [0.2, 0.25) is 0 Å². The van der Waals surface area contributed by atoms with Crippen LogP contribution in [0, 0.1) is 0 Å². The summed E-state index contributed by atoms with van der Waals surface area (Å²) < 4.78 is 5.30. The Kier molecular flexibility index (Phi) is 3.94. The van der Waals surface area contributed by atoms with Crippen LogP contribution < -0.4 is 10.5 Å². The smallest absolute Gasteiger partial charge is 0.307 e. The van der Waals surface area contributed by atoms with Crippen LogP contribution in [0.3, 0.4) is 0 Å². The lowest BCUT2D eigenvalue weighted by atomic mass is 10.1. The zero-order valence-corrected chi connectivity index (χ0v) is 7.77. The van der Waals surface area contributed by atoms with E-state index in [2.05, 4.69) is 0 Å². The molecule has 0 saturated carbocycles. The van der Waals surface area contributed by atoms with E-state index < -0.39 is 5.97 Å². The van der Waals surface area contributed by atoms with Crippen LogP contribution in [0.2, 0.25) is 0 Å². The molecule has 0 aliphatic heterocycles. The van der Waals surface area contributed by atoms with E-state index in [0.29, 0.717) is 24.5 Å². The Labute approximate surface area is 82.3 Å². The third kappa shape index (κ3) is 3.06. The van der Waals surface area contributed by atoms with E-state index in [0.717, 1.165) is 0 Å². The fourth-order valence-corrected chi connectivity index (χ4v) is 1.12. The van der Waals surface area contributed by atoms with Gasteiger partial charge in [-0.2, -0.15) is 0 Å². The molecule has 0 atom stereocenters. The summed E-state index contributed by atoms with van der Waals surface area (Å²) in [5, 5.41) is 8.64. The topological polar surface area (TPSA) is 72.5 Å². The van der Waals surface area contributed by atoms with Gasteiger partial charge >= 0.3 is 5.97 Å². The van der Waals surface area contributed by atoms with E-state index in [1.54, 1.807) is 24.3 Å². The second-order valence-electron chi connectivity index (χ2n) is 2.82. The summed E-state index contributed by atoms with van der Waals surface area (Å²) in [6.07, 6.45) is -0.0270. The van der Waals surface area contributed by atoms with Gasteiger partial charge in [-0.25, -0.2) is 0 Å². The van der Waals surface area contributed by atoms with Crippen molar-refractivity contribution in [2.24, 2.45) is 5.73 Å². The fourth-order valence-electron chi connectivity index (χ4n) is 1.12. The summed E-state index contributed by atoms with van der Waals surface area (Å²) in [6.45, 7) is 0.817. The van der Waals surface area contributed by atoms with Crippen LogP contribution in [0.15, 0.2) is 24.3 Å². The number of ether oxygens (including phenoxy) is 1. The molecule has 0 fully saturated rings. The molecule has 0 spiro atoms. The van der Waals surface area contributed by atoms with Crippen molar-refractivity contribution in [3.63, 3.8) is 0 Å². The number of carbonyl (C=O) groups is 1. The monoisotopic (exact) mass is 195 g/mol. The maximum absolute atomic E-state index is 10.5. The Bertz CT molecular complexity index is 312. The van der Waals surface area contributed by atoms with Gasteiger partial charge < -0.3 is 15.6 Å². The van der Waals surface area contributed by atoms with E-state index >= 15 is 0 Å². The molecule has 1 rings (SSSR count). The number of hydrogen-bond acceptors (Lipinski definition) is 3. The third-order valence-corrected chi connectivity index (χ3v) is 1.69. The second kappa shape index (κ2) is 5.24. The van der Waals surface area contributed by atoms with Crippen molar-refractivity contribution in [1.29, 1.82) is 0 Å². The molecule has 76 valence electrons. The molecule has 1 aromatic carbocycles. The van der Waals surface area contributed by atoms with Gasteiger partial charge in [0, 0.05) is 12.1 Å². The summed E-state index contributed by atoms with van der Waals surface area (Å²) in [6, 6.07) is 7.07. The summed E-state index contributed by atoms with van der Waals surface area (Å²) in [7, 11) is 0. The highest BCUT2D eigenvalue weighted by Crippen LogP contribution is 2.18. The minimum absolute atomic E-state index is 0.0270. The number of carboxylic acid groups (broad SMARTS) is 1. The van der Waals surface area contributed by atoms with Crippen molar-refractivity contribution >= 4 is 5.97 Å². The molecule has 0 saturated heterocycles. The third-order valence-electron chi connectivity index (χ3n) is 1.69. The molecule has 4 heteroatoms. The van der Waals surface area contributed by atoms with Crippen molar-refractivity contribution in [3.8, 4) is 5.75 Å². The molecule has 0 unspecified atom stereocenters. The Morgan fingerprint density at radius 2 is 2.14 bits per heavy atom. The van der Waals surface area contributed by atoms with Crippen LogP contribution in [0.4, 0.5) is 0 Å². The number of nitrogens with two attached hydrogens (primary N) is 1. The number of rotatable bonds is 5. The number of carboxylic acids is 1. The van der Waals surface area contributed by atoms with Gasteiger partial charge in [0.1, 0.15) is 12.4 Å². The van der Waals surface area contributed by atoms with E-state index in [9.17, 15) is 4.79 Å². The molecular weight excluding hydrogens is 182 g/mol. The van der Waals surface area contributed by atoms with E-state index in [1.807, 2.05) is 0 Å². The average Bonchev–Trinajstić information content (AvgIpc) is 2.16. The van der Waals surface area contributed by atoms with Crippen molar-refractivity contribution in [1.82, 2.24) is 0 Å². The van der Waals surface area contributed by atoms with E-state index in [-0.39, 0.29) is 6.42 Å². The largest absolute Gasteiger partial charge is 0.492 e. The van der Waals surface area contributed by atoms with Crippen molar-refractivity contribution in [2.75, 3.05) is 13.2 Å². The minimum Gasteiger partial charge on any atom is -0.492 e. The van der Waals surface area contributed by atoms with Gasteiger partial charge in [0.05, 0.1) is 6.42 Å². The molecular formula is C10H13NO3. The minimum atomic E-state index is -0.867. The molecule has 0 bridgehead atoms. The van der Waals surface area contributed by atoms with Crippen molar-refractivity contribution < 1.29 is 14.6 Å². The highest BCUT2D eigenvalue weighted by molar-refractivity contribution is 5.71. The van der Waals surface area contributed by atoms with Gasteiger partial charge in [-0.05, 0) is 6.07 Å². The first kappa shape index (κ1) is 10.5. The SMILES string of the molecule is NCCOc1ccccc1CC(=O)O. The summed E-state index contributed by atoms with van der Waals surface area (Å²) >= 11 is 0. The molecule has 3 N–H and O–H groups in total. The lowest BCUT2D eigenvalue weighted by Crippen LogP contribution is -2.12. The fraction of sp³-hybridized carbons (Fsp3) is 0.300. The Morgan fingerprint density at radius 3 is 2.79 bits per heavy atom. The molecule has 14 heavy (non-hydrogen) atoms. The predicted octanol–water partition coefficient (Wildman–Crippen LogP) is 0.651. The second-order valence-corrected chi connectivity index (χ2v) is 2.82. The van der Waals surface area contributed by atoms with Gasteiger partial charge in [-0.3, -0.25) is 4.79 Å². The molecule has 1 aromatic rings. The first-order chi connectivity index (χ1) is 6.74. The summed E-state index contributed by atoms with van der Waals surface area (Å²) in [5.74, 6) is -0.269. The summed E-state index contributed by atoms with van der Waals surface area (Å²) in [4.78, 5) is 10.5. The molecule has 0 aliphatic carbocycles. The first-order valence-electron chi connectivity index (χ1n) is 4.36. The molecule has 0 amide bonds. The highest BCUT2D eigenvalue weighted by atomic mass is 16.5. The quantitative estimate of drug-likeness (QED) is 0.723. The van der Waals surface area contributed by atoms with Crippen LogP contribution in [0.25, 0.3) is 0 Å². The van der Waals surface area contributed by atoms with Gasteiger partial charge in [0.25, 0.3) is 0 Å². The zero-order valence-electron chi connectivity index (χ0n) is 7.77. The van der Waals surface area contributed by atoms with Crippen LogP contribution in [-0.4, -0.2) is 24.2 Å². The van der Waals surface area contributed by atoms with Gasteiger partial charge in [-0.15, -0.1) is 0 Å². The van der Waals surface area contributed by atoms with Crippen LogP contribution >= 0.6 is 0 Å². The predicted molar refractivity (Wildman–Crippen MR) is 52.3 cm³/mol. The number of benzene rings is 1. The molecule has 0 aromatic heterocycles.